The van der Waals surface area contributed by atoms with Crippen LogP contribution >= 0.6 is 0 Å². The molecule has 6 rings (SSSR count). The molecule has 0 amide bonds. The molecular formula is C29H30N6O2S. The third kappa shape index (κ3) is 5.05. The van der Waals surface area contributed by atoms with Crippen molar-refractivity contribution >= 4 is 44.2 Å². The topological polar surface area (TPSA) is 105 Å². The molecule has 8 nitrogen and oxygen atoms in total. The number of rotatable bonds is 8. The number of anilines is 2. The smallest absolute Gasteiger partial charge is 0.130 e. The van der Waals surface area contributed by atoms with Crippen molar-refractivity contribution in [3.8, 4) is 11.3 Å². The Balaban J connectivity index is 1.31. The molecule has 0 radical (unpaired) electrons. The molecule has 3 heterocycles. The van der Waals surface area contributed by atoms with Gasteiger partial charge in [-0.1, -0.05) is 6.07 Å². The molecule has 0 spiro atoms. The molecule has 1 unspecified atom stereocenters. The second-order valence-electron chi connectivity index (χ2n) is 10.5. The first-order valence-electron chi connectivity index (χ1n) is 12.7. The van der Waals surface area contributed by atoms with Crippen LogP contribution in [0, 0.1) is 6.92 Å². The first kappa shape index (κ1) is 24.7. The van der Waals surface area contributed by atoms with Crippen LogP contribution in [0.2, 0.25) is 0 Å². The first-order valence-corrected chi connectivity index (χ1v) is 13.9. The third-order valence-electron chi connectivity index (χ3n) is 6.73. The number of aliphatic hydroxyl groups is 1. The van der Waals surface area contributed by atoms with Crippen LogP contribution in [0.25, 0.3) is 32.9 Å². The summed E-state index contributed by atoms with van der Waals surface area (Å²) in [5.41, 5.74) is 3.97. The number of aromatic nitrogens is 4. The average Bonchev–Trinajstić information content (AvgIpc) is 3.62. The third-order valence-corrected chi connectivity index (χ3v) is 7.98. The van der Waals surface area contributed by atoms with E-state index in [0.717, 1.165) is 61.9 Å². The Morgan fingerprint density at radius 3 is 2.58 bits per heavy atom. The molecule has 1 fully saturated rings. The van der Waals surface area contributed by atoms with Crippen LogP contribution in [0.5, 0.6) is 0 Å². The van der Waals surface area contributed by atoms with E-state index in [0.29, 0.717) is 18.4 Å². The largest absolute Gasteiger partial charge is 0.389 e. The summed E-state index contributed by atoms with van der Waals surface area (Å²) in [5.74, 6) is 0.702. The average molecular weight is 527 g/mol. The molecule has 0 saturated heterocycles. The van der Waals surface area contributed by atoms with Gasteiger partial charge in [0.15, 0.2) is 0 Å². The van der Waals surface area contributed by atoms with Crippen molar-refractivity contribution in [2.75, 3.05) is 5.32 Å². The van der Waals surface area contributed by atoms with Crippen molar-refractivity contribution in [3.05, 3.63) is 72.7 Å². The maximum atomic E-state index is 12.4. The predicted molar refractivity (Wildman–Crippen MR) is 152 cm³/mol. The van der Waals surface area contributed by atoms with E-state index < -0.39 is 16.6 Å². The second kappa shape index (κ2) is 9.58. The van der Waals surface area contributed by atoms with Crippen molar-refractivity contribution in [2.24, 2.45) is 0 Å². The highest BCUT2D eigenvalue weighted by Crippen LogP contribution is 2.34. The number of benzene rings is 2. The molecule has 1 saturated carbocycles. The molecule has 3 N–H and O–H groups in total. The van der Waals surface area contributed by atoms with E-state index in [1.54, 1.807) is 13.8 Å². The van der Waals surface area contributed by atoms with Gasteiger partial charge >= 0.3 is 0 Å². The highest BCUT2D eigenvalue weighted by Gasteiger charge is 2.23. The predicted octanol–water partition coefficient (Wildman–Crippen LogP) is 5.24. The minimum absolute atomic E-state index is 0.381. The first-order chi connectivity index (χ1) is 18.2. The maximum Gasteiger partial charge on any atom is 0.130 e. The summed E-state index contributed by atoms with van der Waals surface area (Å²) < 4.78 is 17.4. The fourth-order valence-electron chi connectivity index (χ4n) is 4.62. The minimum atomic E-state index is -1.18. The van der Waals surface area contributed by atoms with Crippen molar-refractivity contribution in [3.63, 3.8) is 0 Å². The zero-order valence-corrected chi connectivity index (χ0v) is 22.4. The number of nitrogens with zero attached hydrogens (tertiary/aromatic N) is 4. The Bertz CT molecular complexity index is 1670. The second-order valence-corrected chi connectivity index (χ2v) is 11.8. The highest BCUT2D eigenvalue weighted by molar-refractivity contribution is 7.83. The SMILES string of the molecule is Cc1c(-c2nccc3cnc(Nc4ccc(S(=O)NC5CC5)cc4)cc23)ccc2c1cnn2CC(C)(C)O. The molecule has 1 aliphatic rings. The van der Waals surface area contributed by atoms with Crippen LogP contribution in [-0.4, -0.2) is 40.7 Å². The van der Waals surface area contributed by atoms with Gasteiger partial charge in [-0.2, -0.15) is 5.10 Å². The minimum Gasteiger partial charge on any atom is -0.389 e. The van der Waals surface area contributed by atoms with Gasteiger partial charge in [0.1, 0.15) is 16.8 Å². The van der Waals surface area contributed by atoms with Gasteiger partial charge in [0.05, 0.1) is 34.4 Å². The number of nitrogens with one attached hydrogen (secondary N) is 2. The monoisotopic (exact) mass is 526 g/mol. The van der Waals surface area contributed by atoms with Crippen molar-refractivity contribution < 1.29 is 9.32 Å². The molecule has 9 heteroatoms. The van der Waals surface area contributed by atoms with Crippen LogP contribution in [0.15, 0.2) is 72.0 Å². The lowest BCUT2D eigenvalue weighted by Crippen LogP contribution is -2.26. The van der Waals surface area contributed by atoms with Crippen molar-refractivity contribution in [1.82, 2.24) is 24.5 Å². The maximum absolute atomic E-state index is 12.4. The lowest BCUT2D eigenvalue weighted by molar-refractivity contribution is 0.0591. The van der Waals surface area contributed by atoms with Crippen LogP contribution in [0.4, 0.5) is 11.5 Å². The Labute approximate surface area is 223 Å². The molecule has 0 aliphatic heterocycles. The molecule has 194 valence electrons. The van der Waals surface area contributed by atoms with Crippen LogP contribution in [0.1, 0.15) is 32.3 Å². The number of pyridine rings is 2. The lowest BCUT2D eigenvalue weighted by atomic mass is 9.98. The van der Waals surface area contributed by atoms with E-state index in [4.69, 9.17) is 4.98 Å². The van der Waals surface area contributed by atoms with E-state index in [1.165, 1.54) is 0 Å². The normalized spacial score (nSPS) is 14.7. The van der Waals surface area contributed by atoms with Gasteiger partial charge in [0.2, 0.25) is 0 Å². The Morgan fingerprint density at radius 1 is 1.05 bits per heavy atom. The lowest BCUT2D eigenvalue weighted by Gasteiger charge is -2.18. The van der Waals surface area contributed by atoms with E-state index in [-0.39, 0.29) is 0 Å². The molecule has 3 aromatic heterocycles. The molecule has 1 atom stereocenters. The summed E-state index contributed by atoms with van der Waals surface area (Å²) in [7, 11) is -1.18. The zero-order valence-electron chi connectivity index (χ0n) is 21.6. The summed E-state index contributed by atoms with van der Waals surface area (Å²) in [4.78, 5) is 10.1. The summed E-state index contributed by atoms with van der Waals surface area (Å²) in [6, 6.07) is 16.1. The fraction of sp³-hybridized carbons (Fsp3) is 0.276. The van der Waals surface area contributed by atoms with Gasteiger partial charge in [-0.05, 0) is 81.6 Å². The van der Waals surface area contributed by atoms with E-state index in [9.17, 15) is 9.32 Å². The standard InChI is InChI=1S/C29H30N6O2S/c1-18-23(10-11-26-25(18)16-32-35(26)17-29(2,3)36)28-24-14-27(31-15-19(24)12-13-30-28)33-20-6-8-22(9-7-20)38(37)34-21-4-5-21/h6-16,21,34,36H,4-5,17H2,1-3H3,(H,31,33). The van der Waals surface area contributed by atoms with Gasteiger partial charge in [0.25, 0.3) is 0 Å². The molecule has 2 aromatic carbocycles. The van der Waals surface area contributed by atoms with Gasteiger partial charge in [-0.15, -0.1) is 0 Å². The van der Waals surface area contributed by atoms with E-state index in [1.807, 2.05) is 65.7 Å². The van der Waals surface area contributed by atoms with Gasteiger partial charge < -0.3 is 10.4 Å². The quantitative estimate of drug-likeness (QED) is 0.255. The Hall–Kier alpha value is -3.66. The van der Waals surface area contributed by atoms with E-state index in [2.05, 4.69) is 33.1 Å². The van der Waals surface area contributed by atoms with Gasteiger partial charge in [-0.3, -0.25) is 9.67 Å². The summed E-state index contributed by atoms with van der Waals surface area (Å²) >= 11 is 0. The van der Waals surface area contributed by atoms with Gasteiger partial charge in [0, 0.05) is 45.8 Å². The van der Waals surface area contributed by atoms with E-state index >= 15 is 0 Å². The summed E-state index contributed by atoms with van der Waals surface area (Å²) in [6.45, 7) is 6.06. The molecule has 1 aliphatic carbocycles. The summed E-state index contributed by atoms with van der Waals surface area (Å²) in [5, 5.41) is 21.2. The molecule has 0 bridgehead atoms. The number of fused-ring (bicyclic) bond motifs is 2. The number of hydrogen-bond acceptors (Lipinski definition) is 6. The Morgan fingerprint density at radius 2 is 1.84 bits per heavy atom. The highest BCUT2D eigenvalue weighted by atomic mass is 32.2. The van der Waals surface area contributed by atoms with Crippen molar-refractivity contribution in [1.29, 1.82) is 0 Å². The molecular weight excluding hydrogens is 496 g/mol. The van der Waals surface area contributed by atoms with Gasteiger partial charge in [-0.25, -0.2) is 13.9 Å². The van der Waals surface area contributed by atoms with Crippen LogP contribution in [0.3, 0.4) is 0 Å². The Kier molecular flexibility index (Phi) is 6.22. The summed E-state index contributed by atoms with van der Waals surface area (Å²) in [6.07, 6.45) is 7.70. The fourth-order valence-corrected chi connectivity index (χ4v) is 5.68. The number of aryl methyl sites for hydroxylation is 1. The zero-order chi connectivity index (χ0) is 26.4. The molecule has 38 heavy (non-hydrogen) atoms. The van der Waals surface area contributed by atoms with Crippen LogP contribution in [-0.2, 0) is 17.5 Å². The number of hydrogen-bond donors (Lipinski definition) is 3. The van der Waals surface area contributed by atoms with Crippen LogP contribution < -0.4 is 10.0 Å². The van der Waals surface area contributed by atoms with Crippen molar-refractivity contribution in [2.45, 2.75) is 56.7 Å². The molecule has 5 aromatic rings.